The van der Waals surface area contributed by atoms with Gasteiger partial charge in [-0.3, -0.25) is 4.68 Å². The van der Waals surface area contributed by atoms with E-state index in [0.717, 1.165) is 18.5 Å². The van der Waals surface area contributed by atoms with Gasteiger partial charge in [-0.25, -0.2) is 4.79 Å². The first-order valence-electron chi connectivity index (χ1n) is 8.35. The van der Waals surface area contributed by atoms with Crippen LogP contribution in [-0.4, -0.2) is 34.1 Å². The summed E-state index contributed by atoms with van der Waals surface area (Å²) in [5.41, 5.74) is 1.74. The molecule has 0 radical (unpaired) electrons. The fourth-order valence-electron chi connectivity index (χ4n) is 2.60. The van der Waals surface area contributed by atoms with Gasteiger partial charge in [0.05, 0.1) is 5.69 Å². The molecule has 1 heterocycles. The molecule has 0 aliphatic rings. The highest BCUT2D eigenvalue weighted by Gasteiger charge is 2.19. The molecule has 1 aromatic heterocycles. The van der Waals surface area contributed by atoms with Gasteiger partial charge in [0, 0.05) is 37.4 Å². The van der Waals surface area contributed by atoms with Crippen LogP contribution < -0.4 is 10.6 Å². The van der Waals surface area contributed by atoms with Gasteiger partial charge in [-0.15, -0.1) is 0 Å². The van der Waals surface area contributed by atoms with Crippen molar-refractivity contribution in [1.82, 2.24) is 20.4 Å². The van der Waals surface area contributed by atoms with E-state index in [2.05, 4.69) is 29.6 Å². The van der Waals surface area contributed by atoms with E-state index < -0.39 is 5.60 Å². The van der Waals surface area contributed by atoms with Crippen LogP contribution in [0.2, 0.25) is 0 Å². The molecule has 0 aromatic carbocycles. The van der Waals surface area contributed by atoms with Gasteiger partial charge in [0.25, 0.3) is 0 Å². The number of hydrogen-bond donors (Lipinski definition) is 2. The third-order valence-corrected chi connectivity index (χ3v) is 3.53. The molecule has 1 aromatic rings. The first kappa shape index (κ1) is 19.5. The summed E-state index contributed by atoms with van der Waals surface area (Å²) in [7, 11) is 1.93. The molecule has 0 saturated heterocycles. The Morgan fingerprint density at radius 3 is 2.57 bits per heavy atom. The van der Waals surface area contributed by atoms with Crippen LogP contribution in [0.1, 0.15) is 64.8 Å². The van der Waals surface area contributed by atoms with Crippen molar-refractivity contribution in [2.45, 2.75) is 72.1 Å². The Bertz CT molecular complexity index is 505. The molecular weight excluding hydrogens is 292 g/mol. The second-order valence-corrected chi connectivity index (χ2v) is 7.10. The zero-order valence-corrected chi connectivity index (χ0v) is 15.6. The lowest BCUT2D eigenvalue weighted by Crippen LogP contribution is -2.43. The molecule has 0 bridgehead atoms. The lowest BCUT2D eigenvalue weighted by molar-refractivity contribution is 0.0521. The second kappa shape index (κ2) is 8.34. The van der Waals surface area contributed by atoms with Gasteiger partial charge in [-0.1, -0.05) is 13.3 Å². The maximum Gasteiger partial charge on any atom is 0.407 e. The smallest absolute Gasteiger partial charge is 0.407 e. The SMILES string of the molecule is CCCC(CNC(=O)OC(C)(C)C)NC(C)c1cn(C)nc1C. The quantitative estimate of drug-likeness (QED) is 0.809. The average molecular weight is 324 g/mol. The second-order valence-electron chi connectivity index (χ2n) is 7.10. The summed E-state index contributed by atoms with van der Waals surface area (Å²) in [6.07, 6.45) is 3.70. The zero-order chi connectivity index (χ0) is 17.6. The number of rotatable bonds is 7. The monoisotopic (exact) mass is 324 g/mol. The molecule has 6 heteroatoms. The van der Waals surface area contributed by atoms with Gasteiger partial charge < -0.3 is 15.4 Å². The van der Waals surface area contributed by atoms with E-state index in [1.54, 1.807) is 0 Å². The lowest BCUT2D eigenvalue weighted by Gasteiger charge is -2.25. The fourth-order valence-corrected chi connectivity index (χ4v) is 2.60. The van der Waals surface area contributed by atoms with Crippen LogP contribution in [-0.2, 0) is 11.8 Å². The number of nitrogens with zero attached hydrogens (tertiary/aromatic N) is 2. The number of hydrogen-bond acceptors (Lipinski definition) is 4. The third kappa shape index (κ3) is 7.03. The predicted octanol–water partition coefficient (Wildman–Crippen LogP) is 3.07. The maximum atomic E-state index is 11.8. The van der Waals surface area contributed by atoms with E-state index in [4.69, 9.17) is 4.74 Å². The number of ether oxygens (including phenoxy) is 1. The van der Waals surface area contributed by atoms with Crippen LogP contribution >= 0.6 is 0 Å². The molecule has 0 saturated carbocycles. The summed E-state index contributed by atoms with van der Waals surface area (Å²) in [6.45, 7) is 12.4. The molecule has 132 valence electrons. The minimum Gasteiger partial charge on any atom is -0.444 e. The van der Waals surface area contributed by atoms with Crippen LogP contribution in [0.5, 0.6) is 0 Å². The molecule has 1 amide bonds. The minimum absolute atomic E-state index is 0.181. The molecule has 0 spiro atoms. The molecule has 0 fully saturated rings. The van der Waals surface area contributed by atoms with E-state index in [9.17, 15) is 4.79 Å². The maximum absolute atomic E-state index is 11.8. The minimum atomic E-state index is -0.474. The number of nitrogens with one attached hydrogen (secondary N) is 2. The lowest BCUT2D eigenvalue weighted by atomic mass is 10.1. The van der Waals surface area contributed by atoms with Crippen molar-refractivity contribution in [2.24, 2.45) is 7.05 Å². The van der Waals surface area contributed by atoms with Crippen LogP contribution in [0.4, 0.5) is 4.79 Å². The molecule has 6 nitrogen and oxygen atoms in total. The Balaban J connectivity index is 2.57. The van der Waals surface area contributed by atoms with Crippen LogP contribution in [0.3, 0.4) is 0 Å². The number of aryl methyl sites for hydroxylation is 2. The van der Waals surface area contributed by atoms with Crippen molar-refractivity contribution in [3.8, 4) is 0 Å². The summed E-state index contributed by atoms with van der Waals surface area (Å²) in [4.78, 5) is 11.8. The van der Waals surface area contributed by atoms with Gasteiger partial charge in [0.2, 0.25) is 0 Å². The molecule has 1 rings (SSSR count). The summed E-state index contributed by atoms with van der Waals surface area (Å²) >= 11 is 0. The van der Waals surface area contributed by atoms with Crippen LogP contribution in [0.25, 0.3) is 0 Å². The molecular formula is C17H32N4O2. The molecule has 2 N–H and O–H groups in total. The predicted molar refractivity (Wildman–Crippen MR) is 92.4 cm³/mol. The highest BCUT2D eigenvalue weighted by atomic mass is 16.6. The highest BCUT2D eigenvalue weighted by Crippen LogP contribution is 2.17. The molecule has 0 aliphatic carbocycles. The normalized spacial score (nSPS) is 14.4. The first-order valence-corrected chi connectivity index (χ1v) is 8.35. The van der Waals surface area contributed by atoms with Gasteiger partial charge in [0.1, 0.15) is 5.60 Å². The first-order chi connectivity index (χ1) is 10.6. The topological polar surface area (TPSA) is 68.2 Å². The summed E-state index contributed by atoms with van der Waals surface area (Å²) in [5, 5.41) is 10.8. The zero-order valence-electron chi connectivity index (χ0n) is 15.6. The number of carbonyl (C=O) groups is 1. The van der Waals surface area contributed by atoms with Crippen molar-refractivity contribution in [3.05, 3.63) is 17.5 Å². The van der Waals surface area contributed by atoms with Crippen molar-refractivity contribution >= 4 is 6.09 Å². The Labute approximate surface area is 140 Å². The number of alkyl carbamates (subject to hydrolysis) is 1. The van der Waals surface area contributed by atoms with E-state index in [1.807, 2.05) is 45.6 Å². The Morgan fingerprint density at radius 2 is 2.09 bits per heavy atom. The van der Waals surface area contributed by atoms with Crippen molar-refractivity contribution in [2.75, 3.05) is 6.54 Å². The van der Waals surface area contributed by atoms with E-state index >= 15 is 0 Å². The fraction of sp³-hybridized carbons (Fsp3) is 0.765. The van der Waals surface area contributed by atoms with E-state index in [1.165, 1.54) is 5.56 Å². The highest BCUT2D eigenvalue weighted by molar-refractivity contribution is 5.67. The summed E-state index contributed by atoms with van der Waals surface area (Å²) in [6, 6.07) is 0.378. The van der Waals surface area contributed by atoms with Gasteiger partial charge in [-0.2, -0.15) is 5.10 Å². The Morgan fingerprint density at radius 1 is 1.43 bits per heavy atom. The Kier molecular flexibility index (Phi) is 7.06. The van der Waals surface area contributed by atoms with Gasteiger partial charge in [-0.05, 0) is 41.0 Å². The standard InChI is InChI=1S/C17H32N4O2/c1-8-9-14(10-18-16(22)23-17(4,5)6)19-12(2)15-11-21(7)20-13(15)3/h11-12,14,19H,8-10H2,1-7H3,(H,18,22). The largest absolute Gasteiger partial charge is 0.444 e. The third-order valence-electron chi connectivity index (χ3n) is 3.53. The van der Waals surface area contributed by atoms with Crippen LogP contribution in [0, 0.1) is 6.92 Å². The summed E-state index contributed by atoms with van der Waals surface area (Å²) < 4.78 is 7.12. The van der Waals surface area contributed by atoms with Gasteiger partial charge >= 0.3 is 6.09 Å². The molecule has 23 heavy (non-hydrogen) atoms. The van der Waals surface area contributed by atoms with Crippen molar-refractivity contribution in [1.29, 1.82) is 0 Å². The molecule has 2 atom stereocenters. The molecule has 0 aliphatic heterocycles. The van der Waals surface area contributed by atoms with Crippen molar-refractivity contribution in [3.63, 3.8) is 0 Å². The van der Waals surface area contributed by atoms with Gasteiger partial charge in [0.15, 0.2) is 0 Å². The Hall–Kier alpha value is -1.56. The summed E-state index contributed by atoms with van der Waals surface area (Å²) in [5.74, 6) is 0. The number of carbonyl (C=O) groups excluding carboxylic acids is 1. The average Bonchev–Trinajstić information content (AvgIpc) is 2.73. The van der Waals surface area contributed by atoms with Crippen molar-refractivity contribution < 1.29 is 9.53 Å². The molecule has 2 unspecified atom stereocenters. The number of aromatic nitrogens is 2. The van der Waals surface area contributed by atoms with E-state index in [0.29, 0.717) is 6.54 Å². The van der Waals surface area contributed by atoms with Crippen LogP contribution in [0.15, 0.2) is 6.20 Å². The number of amides is 1. The van der Waals surface area contributed by atoms with E-state index in [-0.39, 0.29) is 18.2 Å².